The molecule has 166 valence electrons. The highest BCUT2D eigenvalue weighted by atomic mass is 32.2. The molecule has 2 unspecified atom stereocenters. The lowest BCUT2D eigenvalue weighted by molar-refractivity contribution is -0.156. The first-order valence-corrected chi connectivity index (χ1v) is 12.2. The van der Waals surface area contributed by atoms with Crippen molar-refractivity contribution in [2.45, 2.75) is 51.1 Å². The van der Waals surface area contributed by atoms with Gasteiger partial charge >= 0.3 is 5.97 Å². The zero-order valence-electron chi connectivity index (χ0n) is 17.1. The zero-order valence-corrected chi connectivity index (χ0v) is 17.9. The van der Waals surface area contributed by atoms with Crippen molar-refractivity contribution in [2.75, 3.05) is 31.2 Å². The third-order valence-electron chi connectivity index (χ3n) is 5.58. The van der Waals surface area contributed by atoms with Gasteiger partial charge in [-0.05, 0) is 37.8 Å². The minimum Gasteiger partial charge on any atom is -0.459 e. The molecule has 2 atom stereocenters. The fourth-order valence-corrected chi connectivity index (χ4v) is 5.70. The first-order valence-electron chi connectivity index (χ1n) is 10.3. The summed E-state index contributed by atoms with van der Waals surface area (Å²) in [6, 6.07) is 2.00. The van der Waals surface area contributed by atoms with Crippen LogP contribution in [0.5, 0.6) is 0 Å². The second kappa shape index (κ2) is 9.63. The van der Waals surface area contributed by atoms with E-state index in [-0.39, 0.29) is 29.2 Å². The maximum absolute atomic E-state index is 12.7. The Morgan fingerprint density at radius 2 is 2.10 bits per heavy atom. The van der Waals surface area contributed by atoms with Crippen molar-refractivity contribution >= 4 is 27.6 Å². The number of carbonyl (C=O) groups excluding carboxylic acids is 3. The monoisotopic (exact) mass is 440 g/mol. The van der Waals surface area contributed by atoms with Crippen LogP contribution in [0.15, 0.2) is 22.8 Å². The summed E-state index contributed by atoms with van der Waals surface area (Å²) in [7, 11) is -3.14. The Morgan fingerprint density at radius 3 is 2.73 bits per heavy atom. The van der Waals surface area contributed by atoms with Gasteiger partial charge in [0.15, 0.2) is 22.2 Å². The predicted molar refractivity (Wildman–Crippen MR) is 107 cm³/mol. The second-order valence-electron chi connectivity index (χ2n) is 7.74. The molecule has 0 N–H and O–H groups in total. The zero-order chi connectivity index (χ0) is 21.7. The Bertz CT molecular complexity index is 866. The minimum atomic E-state index is -3.14. The number of amides is 2. The quantitative estimate of drug-likeness (QED) is 0.559. The molecule has 3 rings (SSSR count). The minimum absolute atomic E-state index is 0.0511. The molecule has 0 radical (unpaired) electrons. The molecule has 2 amide bonds. The first-order chi connectivity index (χ1) is 14.3. The Balaban J connectivity index is 1.59. The lowest BCUT2D eigenvalue weighted by atomic mass is 10.2. The highest BCUT2D eigenvalue weighted by molar-refractivity contribution is 7.91. The van der Waals surface area contributed by atoms with E-state index in [9.17, 15) is 22.8 Å². The lowest BCUT2D eigenvalue weighted by Gasteiger charge is -2.28. The third kappa shape index (κ3) is 5.21. The van der Waals surface area contributed by atoms with E-state index in [1.807, 2.05) is 6.92 Å². The number of rotatable bonds is 8. The molecule has 30 heavy (non-hydrogen) atoms. The van der Waals surface area contributed by atoms with Crippen molar-refractivity contribution < 1.29 is 32.0 Å². The summed E-state index contributed by atoms with van der Waals surface area (Å²) in [6.45, 7) is 2.37. The molecule has 3 heterocycles. The SMILES string of the molecule is CCCCN(C(=O)COC(=O)C1CCCN1C(=O)c1ccco1)C1CCS(=O)(=O)C1. The maximum atomic E-state index is 12.7. The van der Waals surface area contributed by atoms with Gasteiger partial charge in [0.05, 0.1) is 17.8 Å². The summed E-state index contributed by atoms with van der Waals surface area (Å²) < 4.78 is 34.0. The molecule has 1 aromatic rings. The first kappa shape index (κ1) is 22.3. The van der Waals surface area contributed by atoms with Gasteiger partial charge in [0, 0.05) is 19.1 Å². The molecule has 2 saturated heterocycles. The Morgan fingerprint density at radius 1 is 1.30 bits per heavy atom. The van der Waals surface area contributed by atoms with Crippen molar-refractivity contribution in [3.05, 3.63) is 24.2 Å². The molecule has 0 aromatic carbocycles. The Hall–Kier alpha value is -2.36. The van der Waals surface area contributed by atoms with Crippen molar-refractivity contribution in [3.63, 3.8) is 0 Å². The van der Waals surface area contributed by atoms with Gasteiger partial charge < -0.3 is 19.0 Å². The molecule has 0 saturated carbocycles. The predicted octanol–water partition coefficient (Wildman–Crippen LogP) is 1.24. The van der Waals surface area contributed by atoms with E-state index < -0.39 is 34.4 Å². The summed E-state index contributed by atoms with van der Waals surface area (Å²) in [5.41, 5.74) is 0. The molecule has 0 spiro atoms. The Labute approximate surface area is 176 Å². The van der Waals surface area contributed by atoms with E-state index in [1.165, 1.54) is 22.1 Å². The van der Waals surface area contributed by atoms with E-state index in [2.05, 4.69) is 0 Å². The summed E-state index contributed by atoms with van der Waals surface area (Å²) in [5, 5.41) is 0. The topological polar surface area (TPSA) is 114 Å². The van der Waals surface area contributed by atoms with Crippen molar-refractivity contribution in [3.8, 4) is 0 Å². The van der Waals surface area contributed by atoms with Crippen LogP contribution in [-0.4, -0.2) is 79.3 Å². The number of unbranched alkanes of at least 4 members (excludes halogenated alkanes) is 1. The van der Waals surface area contributed by atoms with Crippen LogP contribution >= 0.6 is 0 Å². The van der Waals surface area contributed by atoms with Gasteiger partial charge in [-0.3, -0.25) is 9.59 Å². The second-order valence-corrected chi connectivity index (χ2v) is 9.97. The van der Waals surface area contributed by atoms with Gasteiger partial charge in [-0.15, -0.1) is 0 Å². The molecular formula is C20H28N2O7S. The number of hydrogen-bond acceptors (Lipinski definition) is 7. The van der Waals surface area contributed by atoms with Gasteiger partial charge in [0.1, 0.15) is 6.04 Å². The number of hydrogen-bond donors (Lipinski definition) is 0. The molecule has 9 nitrogen and oxygen atoms in total. The van der Waals surface area contributed by atoms with Crippen LogP contribution in [0.1, 0.15) is 49.6 Å². The highest BCUT2D eigenvalue weighted by Crippen LogP contribution is 2.22. The van der Waals surface area contributed by atoms with E-state index in [0.717, 1.165) is 12.8 Å². The number of carbonyl (C=O) groups is 3. The summed E-state index contributed by atoms with van der Waals surface area (Å²) >= 11 is 0. The summed E-state index contributed by atoms with van der Waals surface area (Å²) in [5.74, 6) is -1.24. The maximum Gasteiger partial charge on any atom is 0.329 e. The number of sulfone groups is 1. The lowest BCUT2D eigenvalue weighted by Crippen LogP contribution is -2.45. The molecular weight excluding hydrogens is 412 g/mol. The molecule has 2 aliphatic rings. The fraction of sp³-hybridized carbons (Fsp3) is 0.650. The van der Waals surface area contributed by atoms with Crippen LogP contribution in [0.4, 0.5) is 0 Å². The van der Waals surface area contributed by atoms with Crippen LogP contribution in [0.2, 0.25) is 0 Å². The average molecular weight is 441 g/mol. The van der Waals surface area contributed by atoms with E-state index in [4.69, 9.17) is 9.15 Å². The van der Waals surface area contributed by atoms with Crippen LogP contribution in [-0.2, 0) is 24.2 Å². The van der Waals surface area contributed by atoms with Crippen LogP contribution in [0, 0.1) is 0 Å². The Kier molecular flexibility index (Phi) is 7.17. The van der Waals surface area contributed by atoms with Gasteiger partial charge in [-0.1, -0.05) is 13.3 Å². The van der Waals surface area contributed by atoms with Gasteiger partial charge in [0.2, 0.25) is 0 Å². The van der Waals surface area contributed by atoms with Crippen LogP contribution < -0.4 is 0 Å². The molecule has 10 heteroatoms. The molecule has 1 aromatic heterocycles. The number of furan rings is 1. The largest absolute Gasteiger partial charge is 0.459 e. The molecule has 2 fully saturated rings. The number of nitrogens with zero attached hydrogens (tertiary/aromatic N) is 2. The van der Waals surface area contributed by atoms with Crippen molar-refractivity contribution in [2.24, 2.45) is 0 Å². The smallest absolute Gasteiger partial charge is 0.329 e. The number of esters is 1. The molecule has 2 aliphatic heterocycles. The normalized spacial score (nSPS) is 22.8. The molecule has 0 bridgehead atoms. The van der Waals surface area contributed by atoms with Crippen LogP contribution in [0.3, 0.4) is 0 Å². The van der Waals surface area contributed by atoms with Gasteiger partial charge in [0.25, 0.3) is 11.8 Å². The highest BCUT2D eigenvalue weighted by Gasteiger charge is 2.38. The van der Waals surface area contributed by atoms with Crippen LogP contribution in [0.25, 0.3) is 0 Å². The van der Waals surface area contributed by atoms with E-state index in [1.54, 1.807) is 6.07 Å². The third-order valence-corrected chi connectivity index (χ3v) is 7.33. The van der Waals surface area contributed by atoms with E-state index in [0.29, 0.717) is 32.4 Å². The van der Waals surface area contributed by atoms with Crippen molar-refractivity contribution in [1.29, 1.82) is 0 Å². The van der Waals surface area contributed by atoms with Crippen molar-refractivity contribution in [1.82, 2.24) is 9.80 Å². The fourth-order valence-electron chi connectivity index (χ4n) is 3.97. The standard InChI is InChI=1S/C20H28N2O7S/c1-2-3-9-21(15-8-12-30(26,27)14-15)18(23)13-29-20(25)16-6-4-10-22(16)19(24)17-7-5-11-28-17/h5,7,11,15-16H,2-4,6,8-10,12-14H2,1H3. The summed E-state index contributed by atoms with van der Waals surface area (Å²) in [6.07, 6.45) is 4.51. The summed E-state index contributed by atoms with van der Waals surface area (Å²) in [4.78, 5) is 40.8. The number of likely N-dealkylation sites (tertiary alicyclic amines) is 1. The molecule has 0 aliphatic carbocycles. The van der Waals surface area contributed by atoms with Gasteiger partial charge in [-0.2, -0.15) is 0 Å². The number of ether oxygens (including phenoxy) is 1. The average Bonchev–Trinajstić information content (AvgIpc) is 3.46. The van der Waals surface area contributed by atoms with E-state index >= 15 is 0 Å². The van der Waals surface area contributed by atoms with Gasteiger partial charge in [-0.25, -0.2) is 13.2 Å².